The van der Waals surface area contributed by atoms with Crippen molar-refractivity contribution in [2.24, 2.45) is 0 Å². The number of ether oxygens (including phenoxy) is 2. The molecule has 0 saturated carbocycles. The molecule has 0 aliphatic heterocycles. The molecule has 1 aromatic carbocycles. The fourth-order valence-electron chi connectivity index (χ4n) is 1.65. The molecule has 1 heterocycles. The predicted octanol–water partition coefficient (Wildman–Crippen LogP) is 1.95. The van der Waals surface area contributed by atoms with E-state index in [-0.39, 0.29) is 12.6 Å². The Kier molecular flexibility index (Phi) is 4.58. The van der Waals surface area contributed by atoms with E-state index < -0.39 is 0 Å². The van der Waals surface area contributed by atoms with Crippen LogP contribution in [-0.4, -0.2) is 36.3 Å². The van der Waals surface area contributed by atoms with Crippen LogP contribution in [0.3, 0.4) is 0 Å². The Bertz CT molecular complexity index is 543. The molecule has 5 heteroatoms. The second-order valence-corrected chi connectivity index (χ2v) is 3.80. The fraction of sp³-hybridized carbons (Fsp3) is 0.214. The van der Waals surface area contributed by atoms with Gasteiger partial charge in [-0.15, -0.1) is 0 Å². The molecular weight excluding hydrogens is 244 g/mol. The summed E-state index contributed by atoms with van der Waals surface area (Å²) in [4.78, 5) is 19.9. The summed E-state index contributed by atoms with van der Waals surface area (Å²) in [5.41, 5.74) is 2.03. The van der Waals surface area contributed by atoms with E-state index in [4.69, 9.17) is 9.47 Å². The van der Waals surface area contributed by atoms with Crippen LogP contribution < -0.4 is 0 Å². The quantitative estimate of drug-likeness (QED) is 0.606. The number of carbonyl (C=O) groups is 1. The molecule has 2 rings (SSSR count). The van der Waals surface area contributed by atoms with E-state index in [0.29, 0.717) is 12.2 Å². The highest BCUT2D eigenvalue weighted by Crippen LogP contribution is 2.22. The van der Waals surface area contributed by atoms with Gasteiger partial charge in [-0.3, -0.25) is 0 Å². The molecule has 0 aliphatic carbocycles. The van der Waals surface area contributed by atoms with E-state index in [2.05, 4.69) is 9.97 Å². The number of rotatable bonds is 5. The summed E-state index contributed by atoms with van der Waals surface area (Å²) < 4.78 is 9.97. The lowest BCUT2D eigenvalue weighted by Crippen LogP contribution is -2.11. The molecule has 0 N–H and O–H groups in total. The van der Waals surface area contributed by atoms with Crippen LogP contribution >= 0.6 is 0 Å². The molecule has 2 aromatic rings. The van der Waals surface area contributed by atoms with Crippen molar-refractivity contribution in [2.75, 3.05) is 20.3 Å². The Hall–Kier alpha value is -2.27. The van der Waals surface area contributed by atoms with Gasteiger partial charge in [-0.25, -0.2) is 14.8 Å². The molecule has 98 valence electrons. The summed E-state index contributed by atoms with van der Waals surface area (Å²) in [5, 5.41) is 0. The van der Waals surface area contributed by atoms with Crippen molar-refractivity contribution in [1.29, 1.82) is 0 Å². The molecule has 0 amide bonds. The van der Waals surface area contributed by atoms with Crippen LogP contribution in [0.2, 0.25) is 0 Å². The van der Waals surface area contributed by atoms with Crippen molar-refractivity contribution in [3.63, 3.8) is 0 Å². The van der Waals surface area contributed by atoms with Crippen LogP contribution in [0.5, 0.6) is 0 Å². The number of hydrogen-bond donors (Lipinski definition) is 0. The minimum Gasteiger partial charge on any atom is -0.460 e. The summed E-state index contributed by atoms with van der Waals surface area (Å²) in [6, 6.07) is 7.21. The minimum absolute atomic E-state index is 0.231. The Morgan fingerprint density at radius 1 is 1.16 bits per heavy atom. The van der Waals surface area contributed by atoms with Gasteiger partial charge in [0.1, 0.15) is 12.9 Å². The van der Waals surface area contributed by atoms with Crippen LogP contribution in [0.25, 0.3) is 11.1 Å². The first-order valence-corrected chi connectivity index (χ1v) is 5.83. The molecule has 0 fully saturated rings. The topological polar surface area (TPSA) is 61.3 Å². The van der Waals surface area contributed by atoms with Crippen molar-refractivity contribution in [1.82, 2.24) is 9.97 Å². The van der Waals surface area contributed by atoms with Crippen molar-refractivity contribution < 1.29 is 14.3 Å². The van der Waals surface area contributed by atoms with E-state index in [1.165, 1.54) is 6.33 Å². The van der Waals surface area contributed by atoms with Crippen LogP contribution in [0, 0.1) is 0 Å². The third-order valence-corrected chi connectivity index (χ3v) is 2.54. The maximum Gasteiger partial charge on any atom is 0.338 e. The van der Waals surface area contributed by atoms with Gasteiger partial charge in [0.05, 0.1) is 12.2 Å². The van der Waals surface area contributed by atoms with Crippen molar-refractivity contribution in [3.8, 4) is 11.1 Å². The normalized spacial score (nSPS) is 10.2. The average Bonchev–Trinajstić information content (AvgIpc) is 2.48. The Morgan fingerprint density at radius 2 is 1.89 bits per heavy atom. The summed E-state index contributed by atoms with van der Waals surface area (Å²) in [5.74, 6) is -0.378. The summed E-state index contributed by atoms with van der Waals surface area (Å²) in [6.07, 6.45) is 4.77. The second-order valence-electron chi connectivity index (χ2n) is 3.80. The van der Waals surface area contributed by atoms with Gasteiger partial charge in [-0.1, -0.05) is 18.2 Å². The highest BCUT2D eigenvalue weighted by molar-refractivity contribution is 5.97. The van der Waals surface area contributed by atoms with Gasteiger partial charge in [0.2, 0.25) is 0 Å². The lowest BCUT2D eigenvalue weighted by atomic mass is 10.0. The largest absolute Gasteiger partial charge is 0.460 e. The zero-order chi connectivity index (χ0) is 13.5. The van der Waals surface area contributed by atoms with E-state index in [1.54, 1.807) is 31.6 Å². The smallest absolute Gasteiger partial charge is 0.338 e. The summed E-state index contributed by atoms with van der Waals surface area (Å²) >= 11 is 0. The number of benzene rings is 1. The molecule has 0 aliphatic rings. The van der Waals surface area contributed by atoms with E-state index in [0.717, 1.165) is 11.1 Å². The maximum atomic E-state index is 12.0. The van der Waals surface area contributed by atoms with E-state index >= 15 is 0 Å². The Morgan fingerprint density at radius 3 is 2.63 bits per heavy atom. The molecule has 0 atom stereocenters. The molecule has 19 heavy (non-hydrogen) atoms. The monoisotopic (exact) mass is 258 g/mol. The molecule has 0 spiro atoms. The lowest BCUT2D eigenvalue weighted by molar-refractivity contribution is 0.0389. The zero-order valence-corrected chi connectivity index (χ0v) is 10.6. The van der Waals surface area contributed by atoms with E-state index in [9.17, 15) is 4.79 Å². The van der Waals surface area contributed by atoms with Gasteiger partial charge in [0.15, 0.2) is 0 Å². The predicted molar refractivity (Wildman–Crippen MR) is 69.6 cm³/mol. The van der Waals surface area contributed by atoms with Gasteiger partial charge in [-0.2, -0.15) is 0 Å². The second kappa shape index (κ2) is 6.61. The van der Waals surface area contributed by atoms with Crippen molar-refractivity contribution in [2.45, 2.75) is 0 Å². The average molecular weight is 258 g/mol. The maximum absolute atomic E-state index is 12.0. The first-order valence-electron chi connectivity index (χ1n) is 5.83. The van der Waals surface area contributed by atoms with Crippen LogP contribution in [-0.2, 0) is 9.47 Å². The van der Waals surface area contributed by atoms with Crippen LogP contribution in [0.15, 0.2) is 43.0 Å². The van der Waals surface area contributed by atoms with Crippen molar-refractivity contribution in [3.05, 3.63) is 48.5 Å². The highest BCUT2D eigenvalue weighted by atomic mass is 16.6. The third-order valence-electron chi connectivity index (χ3n) is 2.54. The molecule has 0 radical (unpaired) electrons. The van der Waals surface area contributed by atoms with Crippen LogP contribution in [0.1, 0.15) is 10.4 Å². The number of hydrogen-bond acceptors (Lipinski definition) is 5. The molecule has 0 bridgehead atoms. The van der Waals surface area contributed by atoms with Gasteiger partial charge in [-0.05, 0) is 11.6 Å². The zero-order valence-electron chi connectivity index (χ0n) is 10.6. The highest BCUT2D eigenvalue weighted by Gasteiger charge is 2.13. The van der Waals surface area contributed by atoms with Gasteiger partial charge < -0.3 is 9.47 Å². The number of nitrogens with zero attached hydrogens (tertiary/aromatic N) is 2. The molecule has 0 unspecified atom stereocenters. The van der Waals surface area contributed by atoms with Gasteiger partial charge in [0, 0.05) is 25.1 Å². The lowest BCUT2D eigenvalue weighted by Gasteiger charge is -2.08. The SMILES string of the molecule is COCCOC(=O)c1ccccc1-c1cncnc1. The first-order chi connectivity index (χ1) is 9.33. The van der Waals surface area contributed by atoms with Crippen LogP contribution in [0.4, 0.5) is 0 Å². The van der Waals surface area contributed by atoms with Gasteiger partial charge in [0.25, 0.3) is 0 Å². The standard InChI is InChI=1S/C14H14N2O3/c1-18-6-7-19-14(17)13-5-3-2-4-12(13)11-8-15-10-16-9-11/h2-5,8-10H,6-7H2,1H3. The molecular formula is C14H14N2O3. The summed E-state index contributed by atoms with van der Waals surface area (Å²) in [6.45, 7) is 0.608. The number of carbonyl (C=O) groups excluding carboxylic acids is 1. The Labute approximate surface area is 111 Å². The number of esters is 1. The number of methoxy groups -OCH3 is 1. The Balaban J connectivity index is 2.24. The molecule has 0 saturated heterocycles. The molecule has 5 nitrogen and oxygen atoms in total. The van der Waals surface area contributed by atoms with Gasteiger partial charge >= 0.3 is 5.97 Å². The fourth-order valence-corrected chi connectivity index (χ4v) is 1.65. The summed E-state index contributed by atoms with van der Waals surface area (Å²) in [7, 11) is 1.56. The van der Waals surface area contributed by atoms with Crippen molar-refractivity contribution >= 4 is 5.97 Å². The van der Waals surface area contributed by atoms with E-state index in [1.807, 2.05) is 12.1 Å². The first kappa shape index (κ1) is 13.2. The minimum atomic E-state index is -0.378. The number of aromatic nitrogens is 2. The third kappa shape index (κ3) is 3.35. The molecule has 1 aromatic heterocycles.